The molecule has 0 unspecified atom stereocenters. The summed E-state index contributed by atoms with van der Waals surface area (Å²) < 4.78 is 18.1. The second-order valence-electron chi connectivity index (χ2n) is 7.65. The van der Waals surface area contributed by atoms with Gasteiger partial charge >= 0.3 is 0 Å². The van der Waals surface area contributed by atoms with Crippen LogP contribution in [0.4, 0.5) is 0 Å². The minimum atomic E-state index is -0.537. The van der Waals surface area contributed by atoms with Crippen LogP contribution in [0.15, 0.2) is 79.0 Å². The second kappa shape index (κ2) is 9.60. The molecule has 0 fully saturated rings. The van der Waals surface area contributed by atoms with E-state index in [-0.39, 0.29) is 5.56 Å². The quantitative estimate of drug-likeness (QED) is 0.434. The molecule has 0 bridgehead atoms. The topological polar surface area (TPSA) is 104 Å². The maximum absolute atomic E-state index is 13.1. The van der Waals surface area contributed by atoms with Crippen molar-refractivity contribution in [1.82, 2.24) is 20.6 Å². The molecule has 1 aromatic heterocycles. The van der Waals surface area contributed by atoms with Crippen LogP contribution in [0.2, 0.25) is 0 Å². The number of amides is 2. The number of rotatable bonds is 5. The molecule has 0 saturated heterocycles. The SMILES string of the molecule is COc1cc(C(=O)NNC(=O)c2cn(-c3ccccc3)nc2-c2ccccc2)cc2c1OCCO2. The molecule has 0 atom stereocenters. The number of hydrazine groups is 1. The lowest BCUT2D eigenvalue weighted by atomic mass is 10.1. The van der Waals surface area contributed by atoms with E-state index in [0.717, 1.165) is 11.3 Å². The van der Waals surface area contributed by atoms with E-state index < -0.39 is 11.8 Å². The summed E-state index contributed by atoms with van der Waals surface area (Å²) in [4.78, 5) is 25.9. The Bertz CT molecular complexity index is 1350. The second-order valence-corrected chi connectivity index (χ2v) is 7.65. The predicted molar refractivity (Wildman–Crippen MR) is 128 cm³/mol. The van der Waals surface area contributed by atoms with Crippen LogP contribution < -0.4 is 25.1 Å². The molecule has 0 saturated carbocycles. The molecule has 3 aromatic carbocycles. The molecule has 1 aliphatic heterocycles. The first-order chi connectivity index (χ1) is 17.1. The molecule has 2 N–H and O–H groups in total. The number of carbonyl (C=O) groups excluding carboxylic acids is 2. The Balaban J connectivity index is 1.39. The van der Waals surface area contributed by atoms with Crippen molar-refractivity contribution in [2.45, 2.75) is 0 Å². The first-order valence-corrected chi connectivity index (χ1v) is 10.9. The number of methoxy groups -OCH3 is 1. The van der Waals surface area contributed by atoms with Gasteiger partial charge in [-0.05, 0) is 24.3 Å². The summed E-state index contributed by atoms with van der Waals surface area (Å²) >= 11 is 0. The van der Waals surface area contributed by atoms with Crippen LogP contribution in [-0.2, 0) is 0 Å². The van der Waals surface area contributed by atoms with E-state index >= 15 is 0 Å². The van der Waals surface area contributed by atoms with Crippen molar-refractivity contribution in [2.75, 3.05) is 20.3 Å². The van der Waals surface area contributed by atoms with Crippen LogP contribution in [0.25, 0.3) is 16.9 Å². The molecular weight excluding hydrogens is 448 g/mol. The van der Waals surface area contributed by atoms with Gasteiger partial charge in [-0.2, -0.15) is 5.10 Å². The number of hydrogen-bond acceptors (Lipinski definition) is 6. The Hall–Kier alpha value is -4.79. The fourth-order valence-electron chi connectivity index (χ4n) is 3.72. The van der Waals surface area contributed by atoms with Crippen molar-refractivity contribution in [1.29, 1.82) is 0 Å². The van der Waals surface area contributed by atoms with Crippen LogP contribution in [0.1, 0.15) is 20.7 Å². The zero-order valence-electron chi connectivity index (χ0n) is 18.9. The minimum absolute atomic E-state index is 0.245. The molecule has 0 aliphatic carbocycles. The summed E-state index contributed by atoms with van der Waals surface area (Å²) in [7, 11) is 1.48. The number of aromatic nitrogens is 2. The molecular formula is C26H22N4O5. The summed E-state index contributed by atoms with van der Waals surface area (Å²) in [5.41, 5.74) is 7.55. The third-order valence-electron chi connectivity index (χ3n) is 5.41. The Morgan fingerprint density at radius 2 is 1.60 bits per heavy atom. The summed E-state index contributed by atoms with van der Waals surface area (Å²) in [6.45, 7) is 0.761. The average Bonchev–Trinajstić information content (AvgIpc) is 3.37. The molecule has 0 radical (unpaired) electrons. The molecule has 0 spiro atoms. The number of carbonyl (C=O) groups is 2. The molecule has 9 heteroatoms. The van der Waals surface area contributed by atoms with E-state index in [1.54, 1.807) is 16.9 Å². The highest BCUT2D eigenvalue weighted by Crippen LogP contribution is 2.40. The van der Waals surface area contributed by atoms with Gasteiger partial charge in [0.25, 0.3) is 11.8 Å². The Labute approximate surface area is 201 Å². The lowest BCUT2D eigenvalue weighted by molar-refractivity contribution is 0.0846. The lowest BCUT2D eigenvalue weighted by Crippen LogP contribution is -2.41. The summed E-state index contributed by atoms with van der Waals surface area (Å²) in [5.74, 6) is 0.172. The van der Waals surface area contributed by atoms with Gasteiger partial charge in [-0.25, -0.2) is 4.68 Å². The number of fused-ring (bicyclic) bond motifs is 1. The van der Waals surface area contributed by atoms with E-state index in [1.165, 1.54) is 13.2 Å². The largest absolute Gasteiger partial charge is 0.493 e. The first-order valence-electron chi connectivity index (χ1n) is 10.9. The van der Waals surface area contributed by atoms with Crippen molar-refractivity contribution in [3.05, 3.63) is 90.1 Å². The van der Waals surface area contributed by atoms with Crippen molar-refractivity contribution in [3.8, 4) is 34.2 Å². The van der Waals surface area contributed by atoms with Gasteiger partial charge < -0.3 is 14.2 Å². The van der Waals surface area contributed by atoms with E-state index in [0.29, 0.717) is 41.7 Å². The van der Waals surface area contributed by atoms with Gasteiger partial charge in [0.1, 0.15) is 18.9 Å². The van der Waals surface area contributed by atoms with E-state index in [4.69, 9.17) is 14.2 Å². The summed E-state index contributed by atoms with van der Waals surface area (Å²) in [6, 6.07) is 21.9. The monoisotopic (exact) mass is 470 g/mol. The smallest absolute Gasteiger partial charge is 0.273 e. The highest BCUT2D eigenvalue weighted by atomic mass is 16.6. The maximum Gasteiger partial charge on any atom is 0.273 e. The van der Waals surface area contributed by atoms with Gasteiger partial charge in [0.05, 0.1) is 18.4 Å². The third-order valence-corrected chi connectivity index (χ3v) is 5.41. The van der Waals surface area contributed by atoms with Crippen LogP contribution in [0.3, 0.4) is 0 Å². The molecule has 9 nitrogen and oxygen atoms in total. The lowest BCUT2D eigenvalue weighted by Gasteiger charge is -2.21. The third kappa shape index (κ3) is 4.51. The van der Waals surface area contributed by atoms with Crippen LogP contribution in [0.5, 0.6) is 17.2 Å². The molecule has 1 aliphatic rings. The van der Waals surface area contributed by atoms with Gasteiger partial charge in [0.15, 0.2) is 11.5 Å². The first kappa shape index (κ1) is 22.0. The van der Waals surface area contributed by atoms with Crippen LogP contribution in [-0.4, -0.2) is 41.9 Å². The number of nitrogens with one attached hydrogen (secondary N) is 2. The molecule has 5 rings (SSSR count). The number of benzene rings is 3. The van der Waals surface area contributed by atoms with Crippen LogP contribution in [0, 0.1) is 0 Å². The highest BCUT2D eigenvalue weighted by Gasteiger charge is 2.22. The normalized spacial score (nSPS) is 12.0. The van der Waals surface area contributed by atoms with Crippen molar-refractivity contribution >= 4 is 11.8 Å². The Morgan fingerprint density at radius 1 is 0.914 bits per heavy atom. The molecule has 2 heterocycles. The number of hydrogen-bond donors (Lipinski definition) is 2. The van der Waals surface area contributed by atoms with Crippen molar-refractivity contribution < 1.29 is 23.8 Å². The zero-order chi connectivity index (χ0) is 24.2. The predicted octanol–water partition coefficient (Wildman–Crippen LogP) is 3.39. The van der Waals surface area contributed by atoms with Gasteiger partial charge in [-0.3, -0.25) is 20.4 Å². The minimum Gasteiger partial charge on any atom is -0.493 e. The number of nitrogens with zero attached hydrogens (tertiary/aromatic N) is 2. The fourth-order valence-corrected chi connectivity index (χ4v) is 3.72. The fraction of sp³-hybridized carbons (Fsp3) is 0.115. The van der Waals surface area contributed by atoms with E-state index in [2.05, 4.69) is 16.0 Å². The molecule has 35 heavy (non-hydrogen) atoms. The number of ether oxygens (including phenoxy) is 3. The summed E-state index contributed by atoms with van der Waals surface area (Å²) in [5, 5.41) is 4.62. The molecule has 2 amide bonds. The van der Waals surface area contributed by atoms with Gasteiger partial charge in [-0.15, -0.1) is 0 Å². The van der Waals surface area contributed by atoms with Crippen molar-refractivity contribution in [2.24, 2.45) is 0 Å². The number of para-hydroxylation sites is 1. The van der Waals surface area contributed by atoms with Gasteiger partial charge in [0.2, 0.25) is 5.75 Å². The van der Waals surface area contributed by atoms with E-state index in [9.17, 15) is 9.59 Å². The Morgan fingerprint density at radius 3 is 2.34 bits per heavy atom. The highest BCUT2D eigenvalue weighted by molar-refractivity contribution is 6.02. The summed E-state index contributed by atoms with van der Waals surface area (Å²) in [6.07, 6.45) is 1.63. The van der Waals surface area contributed by atoms with Crippen LogP contribution >= 0.6 is 0 Å². The average molecular weight is 470 g/mol. The standard InChI is InChI=1S/C26H22N4O5/c1-33-21-14-18(15-22-24(21)35-13-12-34-22)25(31)27-28-26(32)20-16-30(19-10-6-3-7-11-19)29-23(20)17-8-4-2-5-9-17/h2-11,14-16H,12-13H2,1H3,(H,27,31)(H,28,32). The zero-order valence-corrected chi connectivity index (χ0v) is 18.9. The molecule has 4 aromatic rings. The van der Waals surface area contributed by atoms with Gasteiger partial charge in [-0.1, -0.05) is 48.5 Å². The van der Waals surface area contributed by atoms with Crippen molar-refractivity contribution in [3.63, 3.8) is 0 Å². The Kier molecular flexibility index (Phi) is 6.04. The maximum atomic E-state index is 13.1. The molecule has 176 valence electrons. The van der Waals surface area contributed by atoms with E-state index in [1.807, 2.05) is 60.7 Å². The van der Waals surface area contributed by atoms with Gasteiger partial charge in [0, 0.05) is 17.3 Å².